The Morgan fingerprint density at radius 1 is 0.842 bits per heavy atom. The first kappa shape index (κ1) is 44.2. The largest absolute Gasteiger partial charge is 1.00 e. The molecule has 2 aliphatic carbocycles. The summed E-state index contributed by atoms with van der Waals surface area (Å²) in [5.74, 6) is 8.30. The van der Waals surface area contributed by atoms with Crippen molar-refractivity contribution in [3.63, 3.8) is 0 Å². The molecule has 0 spiro atoms. The summed E-state index contributed by atoms with van der Waals surface area (Å²) >= 11 is 0. The molecule has 2 heterocycles. The van der Waals surface area contributed by atoms with Gasteiger partial charge in [-0.3, -0.25) is 4.79 Å². The molecule has 308 valence electrons. The van der Waals surface area contributed by atoms with Gasteiger partial charge in [-0.1, -0.05) is 62.7 Å². The van der Waals surface area contributed by atoms with Gasteiger partial charge in [-0.25, -0.2) is 4.79 Å². The molecule has 2 aromatic carbocycles. The summed E-state index contributed by atoms with van der Waals surface area (Å²) in [6.45, 7) is 13.2. The van der Waals surface area contributed by atoms with Crippen LogP contribution in [0.15, 0.2) is 72.5 Å². The van der Waals surface area contributed by atoms with Crippen molar-refractivity contribution in [3.05, 3.63) is 83.6 Å². The van der Waals surface area contributed by atoms with Gasteiger partial charge >= 0.3 is 6.09 Å². The molecule has 3 atom stereocenters. The first-order valence-electron chi connectivity index (χ1n) is 20.9. The van der Waals surface area contributed by atoms with E-state index in [4.69, 9.17) is 14.2 Å². The van der Waals surface area contributed by atoms with E-state index in [0.29, 0.717) is 70.3 Å². The minimum absolute atomic E-state index is 0. The number of amides is 2. The van der Waals surface area contributed by atoms with Crippen LogP contribution in [-0.4, -0.2) is 82.0 Å². The number of carbonyl (C=O) groups excluding carboxylic acids is 2. The summed E-state index contributed by atoms with van der Waals surface area (Å²) in [4.78, 5) is 27.0. The number of halogens is 1. The highest BCUT2D eigenvalue weighted by atomic mass is 79.9. The zero-order valence-corrected chi connectivity index (χ0v) is 36.3. The summed E-state index contributed by atoms with van der Waals surface area (Å²) in [6, 6.07) is 17.4. The molecular weight excluding hydrogens is 780 g/mol. The molecule has 10 heteroatoms. The van der Waals surface area contributed by atoms with Crippen LogP contribution in [0.2, 0.25) is 0 Å². The van der Waals surface area contributed by atoms with Crippen molar-refractivity contribution in [1.29, 1.82) is 0 Å². The average Bonchev–Trinajstić information content (AvgIpc) is 3.71. The molecule has 4 aliphatic rings. The number of carbonyl (C=O) groups is 2. The topological polar surface area (TPSA) is 92.1 Å². The molecule has 2 amide bonds. The second-order valence-electron chi connectivity index (χ2n) is 16.6. The lowest BCUT2D eigenvalue weighted by molar-refractivity contribution is -0.401. The third kappa shape index (κ3) is 11.0. The van der Waals surface area contributed by atoms with Crippen molar-refractivity contribution < 1.29 is 45.4 Å². The summed E-state index contributed by atoms with van der Waals surface area (Å²) in [5, 5.41) is 5.73. The third-order valence-corrected chi connectivity index (χ3v) is 12.2. The van der Waals surface area contributed by atoms with Gasteiger partial charge in [-0.15, -0.1) is 11.8 Å². The number of benzene rings is 2. The first-order chi connectivity index (χ1) is 27.1. The van der Waals surface area contributed by atoms with E-state index in [-0.39, 0.29) is 39.8 Å². The molecule has 0 bridgehead atoms. The Morgan fingerprint density at radius 2 is 1.49 bits per heavy atom. The molecule has 2 aliphatic heterocycles. The van der Waals surface area contributed by atoms with Gasteiger partial charge in [0.15, 0.2) is 5.71 Å². The Labute approximate surface area is 351 Å². The number of hydrogen-bond donors (Lipinski definition) is 2. The first-order valence-corrected chi connectivity index (χ1v) is 20.9. The molecular formula is C47H63BrN4O5. The van der Waals surface area contributed by atoms with Crippen LogP contribution in [0.4, 0.5) is 16.2 Å². The number of para-hydroxylation sites is 2. The number of nitrogens with one attached hydrogen (secondary N) is 2. The highest BCUT2D eigenvalue weighted by Gasteiger charge is 2.49. The van der Waals surface area contributed by atoms with E-state index in [1.807, 2.05) is 0 Å². The fourth-order valence-electron chi connectivity index (χ4n) is 9.05. The van der Waals surface area contributed by atoms with Gasteiger partial charge in [-0.2, -0.15) is 4.58 Å². The standard InChI is InChI=1S/C47H62N4O5.BrH/c1-46(2)38-20-12-14-22-40(38)50(5)42(46)24-17-25-43-47(3,4)39-21-13-15-23-41(39)51(43)29-16-8-11-26-44(52)48-27-30-54-32-33-55-31-28-49-45(53)56-34-37-35-18-9-6-7-10-19-36(35)37;/h12-15,17,20-25,35-37H,8-11,16,18-19,26-34H2,1-5H3,(H-,48,49,52,53);1H/t35-,36+,37?;. The van der Waals surface area contributed by atoms with Gasteiger partial charge in [0.2, 0.25) is 11.6 Å². The Morgan fingerprint density at radius 3 is 2.19 bits per heavy atom. The van der Waals surface area contributed by atoms with Crippen LogP contribution in [0.3, 0.4) is 0 Å². The number of alkyl carbamates (subject to hydrolysis) is 1. The minimum atomic E-state index is -0.383. The number of fused-ring (bicyclic) bond motifs is 3. The molecule has 2 N–H and O–H groups in total. The molecule has 57 heavy (non-hydrogen) atoms. The fourth-order valence-corrected chi connectivity index (χ4v) is 9.05. The van der Waals surface area contributed by atoms with Crippen LogP contribution in [0.25, 0.3) is 0 Å². The molecule has 0 radical (unpaired) electrons. The van der Waals surface area contributed by atoms with Crippen LogP contribution in [-0.2, 0) is 29.8 Å². The lowest BCUT2D eigenvalue weighted by Crippen LogP contribution is -3.00. The van der Waals surface area contributed by atoms with E-state index >= 15 is 0 Å². The zero-order chi connectivity index (χ0) is 39.5. The van der Waals surface area contributed by atoms with Gasteiger partial charge in [0.25, 0.3) is 0 Å². The van der Waals surface area contributed by atoms with Gasteiger partial charge in [0.1, 0.15) is 7.05 Å². The molecule has 9 nitrogen and oxygen atoms in total. The summed E-state index contributed by atoms with van der Waals surface area (Å²) in [6.07, 6.45) is 13.9. The summed E-state index contributed by atoms with van der Waals surface area (Å²) < 4.78 is 18.9. The predicted molar refractivity (Wildman–Crippen MR) is 224 cm³/mol. The maximum absolute atomic E-state index is 12.5. The molecule has 6 rings (SSSR count). The normalized spacial score (nSPS) is 21.7. The van der Waals surface area contributed by atoms with E-state index in [0.717, 1.165) is 51.5 Å². The number of allylic oxidation sites excluding steroid dienone is 4. The van der Waals surface area contributed by atoms with Crippen LogP contribution in [0.5, 0.6) is 0 Å². The highest BCUT2D eigenvalue weighted by molar-refractivity contribution is 6.03. The van der Waals surface area contributed by atoms with Crippen LogP contribution in [0.1, 0.15) is 90.2 Å². The fraction of sp³-hybridized carbons (Fsp3) is 0.553. The lowest BCUT2D eigenvalue weighted by Gasteiger charge is -2.27. The Bertz CT molecular complexity index is 1840. The number of unbranched alkanes of at least 4 members (excludes halogenated alkanes) is 2. The quantitative estimate of drug-likeness (QED) is 0.120. The molecule has 2 aromatic rings. The van der Waals surface area contributed by atoms with Crippen LogP contribution >= 0.6 is 0 Å². The summed E-state index contributed by atoms with van der Waals surface area (Å²) in [7, 11) is 2.16. The molecule has 1 fully saturated rings. The molecule has 0 saturated heterocycles. The monoisotopic (exact) mass is 842 g/mol. The van der Waals surface area contributed by atoms with Crippen molar-refractivity contribution in [2.45, 2.75) is 89.9 Å². The van der Waals surface area contributed by atoms with Crippen LogP contribution < -0.4 is 32.5 Å². The van der Waals surface area contributed by atoms with Crippen molar-refractivity contribution in [2.24, 2.45) is 17.8 Å². The van der Waals surface area contributed by atoms with Gasteiger partial charge in [0, 0.05) is 73.4 Å². The Hall–Kier alpha value is -3.91. The van der Waals surface area contributed by atoms with Crippen molar-refractivity contribution in [1.82, 2.24) is 10.6 Å². The Balaban J connectivity index is 0.00000620. The predicted octanol–water partition coefficient (Wildman–Crippen LogP) is 4.81. The van der Waals surface area contributed by atoms with E-state index in [1.165, 1.54) is 33.9 Å². The summed E-state index contributed by atoms with van der Waals surface area (Å²) in [5.41, 5.74) is 7.67. The van der Waals surface area contributed by atoms with Gasteiger partial charge in [0.05, 0.1) is 38.4 Å². The maximum Gasteiger partial charge on any atom is 0.407 e. The maximum atomic E-state index is 12.5. The molecule has 1 unspecified atom stereocenters. The minimum Gasteiger partial charge on any atom is -1.00 e. The molecule has 0 aromatic heterocycles. The van der Waals surface area contributed by atoms with Crippen molar-refractivity contribution >= 4 is 29.1 Å². The van der Waals surface area contributed by atoms with Crippen molar-refractivity contribution in [3.8, 4) is 11.8 Å². The second-order valence-corrected chi connectivity index (χ2v) is 16.6. The van der Waals surface area contributed by atoms with Gasteiger partial charge in [-0.05, 0) is 75.0 Å². The lowest BCUT2D eigenvalue weighted by atomic mass is 9.81. The van der Waals surface area contributed by atoms with E-state index < -0.39 is 0 Å². The van der Waals surface area contributed by atoms with Gasteiger partial charge < -0.3 is 46.7 Å². The Kier molecular flexibility index (Phi) is 16.0. The smallest absolute Gasteiger partial charge is 0.407 e. The number of nitrogens with zero attached hydrogens (tertiary/aromatic N) is 2. The highest BCUT2D eigenvalue weighted by Crippen LogP contribution is 2.52. The number of rotatable bonds is 19. The van der Waals surface area contributed by atoms with E-state index in [1.54, 1.807) is 0 Å². The van der Waals surface area contributed by atoms with Crippen molar-refractivity contribution in [2.75, 3.05) is 64.6 Å². The SMILES string of the molecule is C[N+]1=C(/C=C/C=C2\N(CCCCCC(=O)NCCOCCOCCNC(=O)OCC3[C@H]4CCC#CCC[C@@H]34)c3ccccc3C2(C)C)C(C)(C)c2ccccc21.[Br-]. The zero-order valence-electron chi connectivity index (χ0n) is 34.7. The number of anilines is 1. The van der Waals surface area contributed by atoms with E-state index in [2.05, 4.69) is 133 Å². The van der Waals surface area contributed by atoms with E-state index in [9.17, 15) is 9.59 Å². The second kappa shape index (κ2) is 20.7. The molecule has 1 saturated carbocycles. The third-order valence-electron chi connectivity index (χ3n) is 12.2. The number of ether oxygens (including phenoxy) is 3. The number of hydrogen-bond acceptors (Lipinski definition) is 6. The average molecular weight is 844 g/mol. The van der Waals surface area contributed by atoms with Crippen LogP contribution in [0, 0.1) is 29.6 Å².